The summed E-state index contributed by atoms with van der Waals surface area (Å²) < 4.78 is 42.7. The van der Waals surface area contributed by atoms with E-state index in [4.69, 9.17) is 27.9 Å². The van der Waals surface area contributed by atoms with Gasteiger partial charge in [0.2, 0.25) is 0 Å². The van der Waals surface area contributed by atoms with Crippen molar-refractivity contribution in [1.29, 1.82) is 0 Å². The largest absolute Gasteiger partial charge is 0.488 e. The number of amides is 1. The Kier molecular flexibility index (Phi) is 6.78. The number of carbonyl (C=O) groups excluding carboxylic acids is 1. The molecule has 2 aromatic carbocycles. The van der Waals surface area contributed by atoms with Gasteiger partial charge in [0.15, 0.2) is 0 Å². The minimum Gasteiger partial charge on any atom is -0.488 e. The minimum atomic E-state index is -4.32. The van der Waals surface area contributed by atoms with E-state index in [9.17, 15) is 18.0 Å². The second kappa shape index (κ2) is 8.64. The van der Waals surface area contributed by atoms with Crippen LogP contribution in [0.2, 0.25) is 10.0 Å². The molecule has 0 spiro atoms. The molecule has 0 saturated heterocycles. The average molecular weight is 406 g/mol. The van der Waals surface area contributed by atoms with E-state index < -0.39 is 25.0 Å². The summed E-state index contributed by atoms with van der Waals surface area (Å²) in [4.78, 5) is 13.5. The smallest absolute Gasteiger partial charge is 0.390 e. The number of carbonyl (C=O) groups is 1. The molecule has 0 bridgehead atoms. The molecule has 3 nitrogen and oxygen atoms in total. The number of ether oxygens (including phenoxy) is 1. The van der Waals surface area contributed by atoms with Gasteiger partial charge in [0, 0.05) is 29.2 Å². The van der Waals surface area contributed by atoms with Crippen LogP contribution in [0.3, 0.4) is 0 Å². The van der Waals surface area contributed by atoms with Crippen molar-refractivity contribution in [2.75, 3.05) is 13.6 Å². The van der Waals surface area contributed by atoms with E-state index in [0.717, 1.165) is 4.90 Å². The lowest BCUT2D eigenvalue weighted by atomic mass is 10.1. The maximum Gasteiger partial charge on any atom is 0.390 e. The van der Waals surface area contributed by atoms with E-state index in [2.05, 4.69) is 0 Å². The second-order valence-corrected chi connectivity index (χ2v) is 6.46. The number of hydrogen-bond donors (Lipinski definition) is 0. The number of benzene rings is 2. The van der Waals surface area contributed by atoms with Crippen molar-refractivity contribution in [3.05, 3.63) is 63.6 Å². The molecule has 26 heavy (non-hydrogen) atoms. The first-order valence-electron chi connectivity index (χ1n) is 7.65. The Balaban J connectivity index is 2.10. The Bertz CT molecular complexity index is 781. The van der Waals surface area contributed by atoms with Gasteiger partial charge < -0.3 is 9.64 Å². The van der Waals surface area contributed by atoms with Gasteiger partial charge in [-0.25, -0.2) is 0 Å². The highest BCUT2D eigenvalue weighted by atomic mass is 35.5. The van der Waals surface area contributed by atoms with Gasteiger partial charge in [0.05, 0.1) is 12.0 Å². The maximum atomic E-state index is 12.4. The molecule has 2 rings (SSSR count). The first-order valence-corrected chi connectivity index (χ1v) is 8.41. The molecule has 140 valence electrons. The van der Waals surface area contributed by atoms with Gasteiger partial charge in [-0.3, -0.25) is 4.79 Å². The summed E-state index contributed by atoms with van der Waals surface area (Å²) in [5.41, 5.74) is 0.853. The highest BCUT2D eigenvalue weighted by Crippen LogP contribution is 2.26. The highest BCUT2D eigenvalue weighted by molar-refractivity contribution is 6.35. The van der Waals surface area contributed by atoms with E-state index in [1.807, 2.05) is 0 Å². The second-order valence-electron chi connectivity index (χ2n) is 5.61. The molecule has 2 aromatic rings. The van der Waals surface area contributed by atoms with Gasteiger partial charge in [0.1, 0.15) is 12.4 Å². The normalized spacial score (nSPS) is 11.3. The van der Waals surface area contributed by atoms with Crippen molar-refractivity contribution >= 4 is 29.1 Å². The van der Waals surface area contributed by atoms with E-state index in [0.29, 0.717) is 15.6 Å². The molecule has 0 aliphatic rings. The van der Waals surface area contributed by atoms with Gasteiger partial charge in [-0.15, -0.1) is 0 Å². The van der Waals surface area contributed by atoms with Crippen LogP contribution in [0.4, 0.5) is 13.2 Å². The van der Waals surface area contributed by atoms with Gasteiger partial charge in [-0.1, -0.05) is 41.4 Å². The zero-order valence-electron chi connectivity index (χ0n) is 13.8. The third-order valence-electron chi connectivity index (χ3n) is 3.59. The SMILES string of the molecule is CN(CCC(F)(F)F)C(=O)c1ccccc1OCc1ccc(Cl)cc1Cl. The molecule has 0 aliphatic carbocycles. The Hall–Kier alpha value is -1.92. The van der Waals surface area contributed by atoms with E-state index in [1.165, 1.54) is 13.1 Å². The van der Waals surface area contributed by atoms with Crippen molar-refractivity contribution in [3.8, 4) is 5.75 Å². The van der Waals surface area contributed by atoms with Crippen LogP contribution in [-0.4, -0.2) is 30.6 Å². The quantitative estimate of drug-likeness (QED) is 0.626. The van der Waals surface area contributed by atoms with Gasteiger partial charge >= 0.3 is 6.18 Å². The highest BCUT2D eigenvalue weighted by Gasteiger charge is 2.28. The van der Waals surface area contributed by atoms with Crippen LogP contribution in [0.5, 0.6) is 5.75 Å². The predicted octanol–water partition coefficient (Wildman–Crippen LogP) is 5.60. The Labute approximate surface area is 159 Å². The lowest BCUT2D eigenvalue weighted by molar-refractivity contribution is -0.136. The summed E-state index contributed by atoms with van der Waals surface area (Å²) in [6, 6.07) is 11.3. The summed E-state index contributed by atoms with van der Waals surface area (Å²) in [6.45, 7) is -0.341. The zero-order chi connectivity index (χ0) is 19.3. The zero-order valence-corrected chi connectivity index (χ0v) is 15.3. The molecular weight excluding hydrogens is 390 g/mol. The molecule has 0 aromatic heterocycles. The molecule has 1 amide bonds. The summed E-state index contributed by atoms with van der Waals surface area (Å²) >= 11 is 11.9. The third-order valence-corrected chi connectivity index (χ3v) is 4.18. The van der Waals surface area contributed by atoms with Crippen molar-refractivity contribution in [1.82, 2.24) is 4.90 Å². The summed E-state index contributed by atoms with van der Waals surface area (Å²) in [6.07, 6.45) is -5.39. The van der Waals surface area contributed by atoms with Gasteiger partial charge in [-0.2, -0.15) is 13.2 Å². The number of para-hydroxylation sites is 1. The van der Waals surface area contributed by atoms with Crippen LogP contribution in [0.15, 0.2) is 42.5 Å². The molecule has 0 atom stereocenters. The predicted molar refractivity (Wildman–Crippen MR) is 94.9 cm³/mol. The van der Waals surface area contributed by atoms with E-state index in [-0.39, 0.29) is 17.9 Å². The van der Waals surface area contributed by atoms with Crippen LogP contribution in [0.1, 0.15) is 22.3 Å². The number of alkyl halides is 3. The van der Waals surface area contributed by atoms with Crippen molar-refractivity contribution in [3.63, 3.8) is 0 Å². The van der Waals surface area contributed by atoms with Crippen LogP contribution < -0.4 is 4.74 Å². The number of halogens is 5. The van der Waals surface area contributed by atoms with Crippen LogP contribution in [0, 0.1) is 0 Å². The fourth-order valence-electron chi connectivity index (χ4n) is 2.17. The Morgan fingerprint density at radius 3 is 2.50 bits per heavy atom. The monoisotopic (exact) mass is 405 g/mol. The van der Waals surface area contributed by atoms with Crippen molar-refractivity contribution in [2.24, 2.45) is 0 Å². The lowest BCUT2D eigenvalue weighted by Crippen LogP contribution is -2.30. The van der Waals surface area contributed by atoms with Gasteiger partial charge in [0.25, 0.3) is 5.91 Å². The fourth-order valence-corrected chi connectivity index (χ4v) is 2.63. The first-order chi connectivity index (χ1) is 12.2. The fraction of sp³-hybridized carbons (Fsp3) is 0.278. The van der Waals surface area contributed by atoms with Crippen LogP contribution in [0.25, 0.3) is 0 Å². The van der Waals surface area contributed by atoms with E-state index in [1.54, 1.807) is 36.4 Å². The first kappa shape index (κ1) is 20.4. The molecule has 0 heterocycles. The molecule has 0 aliphatic heterocycles. The minimum absolute atomic E-state index is 0.0898. The topological polar surface area (TPSA) is 29.5 Å². The van der Waals surface area contributed by atoms with Gasteiger partial charge in [-0.05, 0) is 24.3 Å². The standard InChI is InChI=1S/C18H16Cl2F3NO2/c1-24(9-8-18(21,22)23)17(25)14-4-2-3-5-16(14)26-11-12-6-7-13(19)10-15(12)20/h2-7,10H,8-9,11H2,1H3. The van der Waals surface area contributed by atoms with Crippen LogP contribution >= 0.6 is 23.2 Å². The maximum absolute atomic E-state index is 12.4. The summed E-state index contributed by atoms with van der Waals surface area (Å²) in [7, 11) is 1.32. The molecule has 0 saturated carbocycles. The summed E-state index contributed by atoms with van der Waals surface area (Å²) in [5.74, 6) is -0.283. The summed E-state index contributed by atoms with van der Waals surface area (Å²) in [5, 5.41) is 0.907. The van der Waals surface area contributed by atoms with E-state index >= 15 is 0 Å². The average Bonchev–Trinajstić information content (AvgIpc) is 2.58. The van der Waals surface area contributed by atoms with Crippen molar-refractivity contribution < 1.29 is 22.7 Å². The number of nitrogens with zero attached hydrogens (tertiary/aromatic N) is 1. The molecule has 0 unspecified atom stereocenters. The third kappa shape index (κ3) is 5.81. The number of rotatable bonds is 6. The molecule has 8 heteroatoms. The number of hydrogen-bond acceptors (Lipinski definition) is 2. The lowest BCUT2D eigenvalue weighted by Gasteiger charge is -2.20. The molecular formula is C18H16Cl2F3NO2. The molecule has 0 radical (unpaired) electrons. The van der Waals surface area contributed by atoms with Crippen LogP contribution in [-0.2, 0) is 6.61 Å². The molecule has 0 fully saturated rings. The Morgan fingerprint density at radius 2 is 1.85 bits per heavy atom. The molecule has 0 N–H and O–H groups in total. The van der Waals surface area contributed by atoms with Crippen molar-refractivity contribution in [2.45, 2.75) is 19.2 Å². The Morgan fingerprint density at radius 1 is 1.15 bits per heavy atom.